The maximum atomic E-state index is 13.2. The van der Waals surface area contributed by atoms with E-state index >= 15 is 0 Å². The highest BCUT2D eigenvalue weighted by atomic mass is 31.2. The van der Waals surface area contributed by atoms with E-state index in [0.717, 1.165) is 0 Å². The Hall–Kier alpha value is -1.93. The van der Waals surface area contributed by atoms with Crippen LogP contribution in [0.1, 0.15) is 11.5 Å². The number of carboxylic acid groups (broad SMARTS) is 1. The van der Waals surface area contributed by atoms with Gasteiger partial charge in [0.25, 0.3) is 0 Å². The molecule has 1 N–H and O–H groups in total. The Morgan fingerprint density at radius 2 is 2.19 bits per heavy atom. The Balaban J connectivity index is 1.78. The first-order valence-electron chi connectivity index (χ1n) is 8.02. The van der Waals surface area contributed by atoms with E-state index < -0.39 is 48.8 Å². The predicted octanol–water partition coefficient (Wildman–Crippen LogP) is 1.63. The Morgan fingerprint density at radius 1 is 1.46 bits per heavy atom. The molecule has 0 radical (unpaired) electrons. The SMILES string of the molecule is COP(=O)(OC)C(c1ccco1)N1C[C@]23C=C[C@H](O2)[C@H](C(=O)O)[C@@H]3C1=O. The van der Waals surface area contributed by atoms with Crippen LogP contribution in [0.4, 0.5) is 0 Å². The van der Waals surface area contributed by atoms with Gasteiger partial charge in [0.05, 0.1) is 24.8 Å². The van der Waals surface area contributed by atoms with E-state index in [1.165, 1.54) is 25.4 Å². The molecule has 2 fully saturated rings. The van der Waals surface area contributed by atoms with Gasteiger partial charge < -0.3 is 28.2 Å². The predicted molar refractivity (Wildman–Crippen MR) is 86.1 cm³/mol. The zero-order valence-electron chi connectivity index (χ0n) is 14.1. The first-order chi connectivity index (χ1) is 12.4. The highest BCUT2D eigenvalue weighted by Gasteiger charge is 2.69. The molecule has 2 bridgehead atoms. The van der Waals surface area contributed by atoms with Crippen LogP contribution >= 0.6 is 7.60 Å². The number of fused-ring (bicyclic) bond motifs is 1. The number of carbonyl (C=O) groups is 2. The molecule has 1 aromatic heterocycles. The van der Waals surface area contributed by atoms with Crippen molar-refractivity contribution in [2.24, 2.45) is 11.8 Å². The average molecular weight is 383 g/mol. The lowest BCUT2D eigenvalue weighted by Crippen LogP contribution is -2.39. The largest absolute Gasteiger partial charge is 0.481 e. The molecule has 9 nitrogen and oxygen atoms in total. The molecule has 5 atom stereocenters. The molecule has 4 heterocycles. The first-order valence-corrected chi connectivity index (χ1v) is 9.63. The summed E-state index contributed by atoms with van der Waals surface area (Å²) >= 11 is 0. The minimum Gasteiger partial charge on any atom is -0.481 e. The van der Waals surface area contributed by atoms with Gasteiger partial charge in [-0.1, -0.05) is 12.2 Å². The third-order valence-electron chi connectivity index (χ3n) is 5.32. The maximum absolute atomic E-state index is 13.2. The summed E-state index contributed by atoms with van der Waals surface area (Å²) in [6.07, 6.45) is 4.14. The molecule has 10 heteroatoms. The molecular weight excluding hydrogens is 365 g/mol. The maximum Gasteiger partial charge on any atom is 0.360 e. The fraction of sp³-hybridized carbons (Fsp3) is 0.500. The number of aliphatic carboxylic acids is 1. The summed E-state index contributed by atoms with van der Waals surface area (Å²) in [6, 6.07) is 3.16. The van der Waals surface area contributed by atoms with Crippen LogP contribution in [-0.4, -0.2) is 54.4 Å². The van der Waals surface area contributed by atoms with Crippen LogP contribution in [0.25, 0.3) is 0 Å². The molecular formula is C16H18NO8P. The molecule has 0 aromatic carbocycles. The van der Waals surface area contributed by atoms with Crippen molar-refractivity contribution >= 4 is 19.5 Å². The van der Waals surface area contributed by atoms with E-state index in [1.807, 2.05) is 0 Å². The van der Waals surface area contributed by atoms with Crippen molar-refractivity contribution in [2.75, 3.05) is 20.8 Å². The molecule has 140 valence electrons. The lowest BCUT2D eigenvalue weighted by atomic mass is 9.77. The van der Waals surface area contributed by atoms with Gasteiger partial charge in [0.2, 0.25) is 5.91 Å². The van der Waals surface area contributed by atoms with Gasteiger partial charge in [0.1, 0.15) is 17.3 Å². The molecule has 0 saturated carbocycles. The van der Waals surface area contributed by atoms with Gasteiger partial charge in [0.15, 0.2) is 5.78 Å². The lowest BCUT2D eigenvalue weighted by molar-refractivity contribution is -0.148. The highest BCUT2D eigenvalue weighted by molar-refractivity contribution is 7.54. The number of amides is 1. The number of ether oxygens (including phenoxy) is 1. The molecule has 3 aliphatic rings. The van der Waals surface area contributed by atoms with Crippen molar-refractivity contribution in [3.63, 3.8) is 0 Å². The van der Waals surface area contributed by atoms with Gasteiger partial charge in [-0.3, -0.25) is 14.2 Å². The first kappa shape index (κ1) is 17.5. The Kier molecular flexibility index (Phi) is 3.89. The summed E-state index contributed by atoms with van der Waals surface area (Å²) in [5.41, 5.74) is -1.05. The van der Waals surface area contributed by atoms with Crippen LogP contribution in [0.15, 0.2) is 35.0 Å². The third kappa shape index (κ3) is 2.18. The van der Waals surface area contributed by atoms with Crippen LogP contribution in [0.3, 0.4) is 0 Å². The number of carboxylic acids is 1. The van der Waals surface area contributed by atoms with Crippen molar-refractivity contribution in [2.45, 2.75) is 17.5 Å². The Labute approximate surface area is 149 Å². The fourth-order valence-corrected chi connectivity index (χ4v) is 5.75. The van der Waals surface area contributed by atoms with Crippen LogP contribution in [0.2, 0.25) is 0 Å². The van der Waals surface area contributed by atoms with E-state index in [-0.39, 0.29) is 12.3 Å². The third-order valence-corrected chi connectivity index (χ3v) is 7.47. The van der Waals surface area contributed by atoms with Crippen LogP contribution in [0.5, 0.6) is 0 Å². The number of likely N-dealkylation sites (tertiary alicyclic amines) is 1. The molecule has 2 saturated heterocycles. The molecule has 4 rings (SSSR count). The monoisotopic (exact) mass is 383 g/mol. The molecule has 1 aromatic rings. The molecule has 1 spiro atoms. The number of hydrogen-bond acceptors (Lipinski definition) is 7. The quantitative estimate of drug-likeness (QED) is 0.582. The second-order valence-electron chi connectivity index (χ2n) is 6.50. The van der Waals surface area contributed by atoms with E-state index in [1.54, 1.807) is 24.3 Å². The van der Waals surface area contributed by atoms with Crippen molar-refractivity contribution in [1.82, 2.24) is 4.90 Å². The topological polar surface area (TPSA) is 116 Å². The second kappa shape index (κ2) is 5.79. The Bertz CT molecular complexity index is 812. The Morgan fingerprint density at radius 3 is 2.77 bits per heavy atom. The van der Waals surface area contributed by atoms with E-state index in [9.17, 15) is 19.3 Å². The lowest BCUT2D eigenvalue weighted by Gasteiger charge is -2.32. The molecule has 0 aliphatic carbocycles. The number of carbonyl (C=O) groups excluding carboxylic acids is 1. The summed E-state index contributed by atoms with van der Waals surface area (Å²) in [5.74, 6) is -4.36. The second-order valence-corrected chi connectivity index (χ2v) is 8.80. The smallest absolute Gasteiger partial charge is 0.360 e. The van der Waals surface area contributed by atoms with E-state index in [2.05, 4.69) is 0 Å². The number of nitrogens with zero attached hydrogens (tertiary/aromatic N) is 1. The van der Waals surface area contributed by atoms with E-state index in [0.29, 0.717) is 0 Å². The minimum atomic E-state index is -3.79. The van der Waals surface area contributed by atoms with E-state index in [4.69, 9.17) is 18.2 Å². The van der Waals surface area contributed by atoms with Crippen molar-refractivity contribution in [1.29, 1.82) is 0 Å². The van der Waals surface area contributed by atoms with Gasteiger partial charge in [0, 0.05) is 14.2 Å². The van der Waals surface area contributed by atoms with Gasteiger partial charge in [-0.25, -0.2) is 0 Å². The standard InChI is InChI=1S/C16H18NO8P/c1-22-26(21,23-2)14(10-4-3-7-24-10)17-8-16-6-5-9(25-16)11(15(19)20)12(16)13(17)18/h3-7,9,11-12,14H,8H2,1-2H3,(H,19,20)/t9-,11-,12+,14?,16-/m0/s1. The zero-order chi connectivity index (χ0) is 18.7. The summed E-state index contributed by atoms with van der Waals surface area (Å²) in [4.78, 5) is 26.2. The number of hydrogen-bond donors (Lipinski definition) is 1. The van der Waals surface area contributed by atoms with Crippen LogP contribution in [-0.2, 0) is 27.9 Å². The van der Waals surface area contributed by atoms with Crippen LogP contribution in [0, 0.1) is 11.8 Å². The van der Waals surface area contributed by atoms with Gasteiger partial charge in [-0.05, 0) is 12.1 Å². The number of furan rings is 1. The minimum absolute atomic E-state index is 0.0371. The normalized spacial score (nSPS) is 33.7. The number of rotatable bonds is 6. The molecule has 1 amide bonds. The van der Waals surface area contributed by atoms with Crippen molar-refractivity contribution < 1.29 is 37.5 Å². The van der Waals surface area contributed by atoms with Crippen LogP contribution < -0.4 is 0 Å². The fourth-order valence-electron chi connectivity index (χ4n) is 4.21. The van der Waals surface area contributed by atoms with Gasteiger partial charge in [-0.2, -0.15) is 0 Å². The molecule has 26 heavy (non-hydrogen) atoms. The molecule has 1 unspecified atom stereocenters. The average Bonchev–Trinajstić information content (AvgIpc) is 3.38. The summed E-state index contributed by atoms with van der Waals surface area (Å²) < 4.78 is 34.6. The van der Waals surface area contributed by atoms with Crippen molar-refractivity contribution in [3.05, 3.63) is 36.3 Å². The van der Waals surface area contributed by atoms with Crippen molar-refractivity contribution in [3.8, 4) is 0 Å². The van der Waals surface area contributed by atoms with Gasteiger partial charge >= 0.3 is 13.6 Å². The highest BCUT2D eigenvalue weighted by Crippen LogP contribution is 2.64. The summed E-state index contributed by atoms with van der Waals surface area (Å²) in [6.45, 7) is 0.0371. The van der Waals surface area contributed by atoms with Gasteiger partial charge in [-0.15, -0.1) is 0 Å². The summed E-state index contributed by atoms with van der Waals surface area (Å²) in [5, 5.41) is 9.55. The summed E-state index contributed by atoms with van der Waals surface area (Å²) in [7, 11) is -1.34. The zero-order valence-corrected chi connectivity index (χ0v) is 15.0. The molecule has 3 aliphatic heterocycles.